The van der Waals surface area contributed by atoms with Crippen molar-refractivity contribution in [2.24, 2.45) is 11.7 Å². The maximum Gasteiger partial charge on any atom is 0.220 e. The minimum atomic E-state index is -0.199. The van der Waals surface area contributed by atoms with E-state index in [-0.39, 0.29) is 11.8 Å². The van der Waals surface area contributed by atoms with Crippen LogP contribution in [0.15, 0.2) is 41.1 Å². The van der Waals surface area contributed by atoms with Gasteiger partial charge in [-0.3, -0.25) is 9.89 Å². The van der Waals surface area contributed by atoms with Crippen molar-refractivity contribution in [1.29, 1.82) is 0 Å². The molecule has 0 aliphatic carbocycles. The van der Waals surface area contributed by atoms with Crippen molar-refractivity contribution in [3.05, 3.63) is 53.5 Å². The highest BCUT2D eigenvalue weighted by molar-refractivity contribution is 5.77. The average molecular weight is 394 g/mol. The molecule has 1 aliphatic rings. The molecule has 3 aromatic heterocycles. The first-order chi connectivity index (χ1) is 14.1. The summed E-state index contributed by atoms with van der Waals surface area (Å²) in [5.41, 5.74) is 8.52. The monoisotopic (exact) mass is 394 g/mol. The van der Waals surface area contributed by atoms with E-state index in [9.17, 15) is 4.79 Å². The van der Waals surface area contributed by atoms with Gasteiger partial charge in [-0.25, -0.2) is 4.98 Å². The van der Waals surface area contributed by atoms with E-state index in [1.54, 1.807) is 0 Å². The Hall–Kier alpha value is -3.13. The number of aryl methyl sites for hydroxylation is 1. The third kappa shape index (κ3) is 4.32. The van der Waals surface area contributed by atoms with E-state index in [0.29, 0.717) is 13.1 Å². The lowest BCUT2D eigenvalue weighted by Crippen LogP contribution is -2.39. The van der Waals surface area contributed by atoms with E-state index in [0.717, 1.165) is 60.1 Å². The lowest BCUT2D eigenvalue weighted by atomic mass is 9.96. The highest BCUT2D eigenvalue weighted by atomic mass is 16.3. The Kier molecular flexibility index (Phi) is 5.62. The number of nitrogens with one attached hydrogen (secondary N) is 2. The van der Waals surface area contributed by atoms with Gasteiger partial charge in [-0.05, 0) is 38.0 Å². The second-order valence-electron chi connectivity index (χ2n) is 7.43. The summed E-state index contributed by atoms with van der Waals surface area (Å²) < 4.78 is 5.71. The van der Waals surface area contributed by atoms with Gasteiger partial charge in [-0.2, -0.15) is 5.10 Å². The molecule has 0 spiro atoms. The van der Waals surface area contributed by atoms with Crippen LogP contribution in [-0.2, 0) is 17.9 Å². The summed E-state index contributed by atoms with van der Waals surface area (Å²) in [6.07, 6.45) is 5.19. The van der Waals surface area contributed by atoms with Crippen LogP contribution >= 0.6 is 0 Å². The van der Waals surface area contributed by atoms with Crippen molar-refractivity contribution in [2.75, 3.05) is 18.0 Å². The number of H-pyrrole nitrogens is 1. The predicted octanol–water partition coefficient (Wildman–Crippen LogP) is 2.36. The van der Waals surface area contributed by atoms with Gasteiger partial charge in [0.2, 0.25) is 5.91 Å². The second kappa shape index (κ2) is 8.48. The number of hydrogen-bond donors (Lipinski definition) is 3. The fourth-order valence-corrected chi connectivity index (χ4v) is 3.79. The maximum absolute atomic E-state index is 11.4. The molecular weight excluding hydrogens is 368 g/mol. The summed E-state index contributed by atoms with van der Waals surface area (Å²) in [4.78, 5) is 18.2. The smallest absolute Gasteiger partial charge is 0.220 e. The molecule has 0 saturated carbocycles. The van der Waals surface area contributed by atoms with Gasteiger partial charge >= 0.3 is 0 Å². The highest BCUT2D eigenvalue weighted by Gasteiger charge is 2.24. The largest absolute Gasteiger partial charge is 0.460 e. The van der Waals surface area contributed by atoms with Crippen molar-refractivity contribution in [1.82, 2.24) is 20.5 Å². The Morgan fingerprint density at radius 2 is 2.07 bits per heavy atom. The van der Waals surface area contributed by atoms with Gasteiger partial charge in [0.25, 0.3) is 0 Å². The van der Waals surface area contributed by atoms with Crippen molar-refractivity contribution in [3.8, 4) is 11.5 Å². The number of amides is 1. The molecule has 1 amide bonds. The number of anilines is 1. The molecule has 0 unspecified atom stereocenters. The minimum absolute atomic E-state index is 0.0266. The van der Waals surface area contributed by atoms with Crippen LogP contribution < -0.4 is 16.0 Å². The lowest BCUT2D eigenvalue weighted by Gasteiger charge is -2.32. The normalized spacial score (nSPS) is 15.0. The number of nitrogens with two attached hydrogens (primary N) is 1. The summed E-state index contributed by atoms with van der Waals surface area (Å²) >= 11 is 0. The van der Waals surface area contributed by atoms with Crippen LogP contribution in [0.2, 0.25) is 0 Å². The van der Waals surface area contributed by atoms with Crippen LogP contribution in [0.25, 0.3) is 11.5 Å². The summed E-state index contributed by atoms with van der Waals surface area (Å²) in [7, 11) is 0. The summed E-state index contributed by atoms with van der Waals surface area (Å²) in [6.45, 7) is 4.85. The molecule has 1 fully saturated rings. The second-order valence-corrected chi connectivity index (χ2v) is 7.43. The van der Waals surface area contributed by atoms with Gasteiger partial charge in [0.1, 0.15) is 17.3 Å². The average Bonchev–Trinajstić information content (AvgIpc) is 3.37. The topological polar surface area (TPSA) is 113 Å². The highest BCUT2D eigenvalue weighted by Crippen LogP contribution is 2.25. The number of piperidine rings is 1. The van der Waals surface area contributed by atoms with Crippen LogP contribution in [0.3, 0.4) is 0 Å². The van der Waals surface area contributed by atoms with Crippen LogP contribution in [0.4, 0.5) is 5.82 Å². The number of carbonyl (C=O) groups excluding carboxylic acids is 1. The lowest BCUT2D eigenvalue weighted by molar-refractivity contribution is -0.122. The summed E-state index contributed by atoms with van der Waals surface area (Å²) in [6, 6.07) is 7.92. The summed E-state index contributed by atoms with van der Waals surface area (Å²) in [5, 5.41) is 10.7. The molecule has 4 N–H and O–H groups in total. The molecule has 0 radical (unpaired) electrons. The fraction of sp³-hybridized carbons (Fsp3) is 0.381. The van der Waals surface area contributed by atoms with Crippen LogP contribution in [0.1, 0.15) is 29.7 Å². The minimum Gasteiger partial charge on any atom is -0.460 e. The first-order valence-corrected chi connectivity index (χ1v) is 9.89. The van der Waals surface area contributed by atoms with Gasteiger partial charge in [-0.1, -0.05) is 6.07 Å². The standard InChI is InChI=1S/C21H26N6O2/c1-14-4-5-18(29-14)19-17(13-25-26-19)12-23-11-16-3-2-8-24-21(16)27-9-6-15(7-10-27)20(22)28/h2-5,8,13,15,23H,6-7,9-12H2,1H3,(H2,22,28)(H,25,26). The molecule has 152 valence electrons. The first kappa shape index (κ1) is 19.2. The molecule has 0 atom stereocenters. The number of furan rings is 1. The molecule has 8 heteroatoms. The molecule has 1 aliphatic heterocycles. The molecular formula is C21H26N6O2. The number of nitrogens with zero attached hydrogens (tertiary/aromatic N) is 3. The zero-order valence-corrected chi connectivity index (χ0v) is 16.5. The molecule has 4 heterocycles. The molecule has 8 nitrogen and oxygen atoms in total. The van der Waals surface area contributed by atoms with Gasteiger partial charge in [0.05, 0.1) is 6.20 Å². The quantitative estimate of drug-likeness (QED) is 0.567. The van der Waals surface area contributed by atoms with E-state index in [2.05, 4.69) is 31.5 Å². The third-order valence-corrected chi connectivity index (χ3v) is 5.40. The van der Waals surface area contributed by atoms with E-state index >= 15 is 0 Å². The van der Waals surface area contributed by atoms with E-state index in [1.807, 2.05) is 37.5 Å². The number of hydrogen-bond acceptors (Lipinski definition) is 6. The third-order valence-electron chi connectivity index (χ3n) is 5.40. The van der Waals surface area contributed by atoms with Gasteiger partial charge in [0.15, 0.2) is 5.76 Å². The molecule has 29 heavy (non-hydrogen) atoms. The van der Waals surface area contributed by atoms with Crippen molar-refractivity contribution >= 4 is 11.7 Å². The molecule has 0 bridgehead atoms. The maximum atomic E-state index is 11.4. The molecule has 1 saturated heterocycles. The number of carbonyl (C=O) groups is 1. The number of rotatable bonds is 7. The van der Waals surface area contributed by atoms with Gasteiger partial charge < -0.3 is 20.4 Å². The number of aromatic amines is 1. The SMILES string of the molecule is Cc1ccc(-c2[nH]ncc2CNCc2cccnc2N2CCC(C(N)=O)CC2)o1. The van der Waals surface area contributed by atoms with Crippen molar-refractivity contribution < 1.29 is 9.21 Å². The van der Waals surface area contributed by atoms with E-state index in [4.69, 9.17) is 10.2 Å². The Morgan fingerprint density at radius 3 is 2.79 bits per heavy atom. The Morgan fingerprint density at radius 1 is 1.28 bits per heavy atom. The number of primary amides is 1. The molecule has 0 aromatic carbocycles. The summed E-state index contributed by atoms with van der Waals surface area (Å²) in [5.74, 6) is 2.40. The van der Waals surface area contributed by atoms with Crippen molar-refractivity contribution in [3.63, 3.8) is 0 Å². The predicted molar refractivity (Wildman–Crippen MR) is 110 cm³/mol. The van der Waals surface area contributed by atoms with E-state index in [1.165, 1.54) is 0 Å². The van der Waals surface area contributed by atoms with E-state index < -0.39 is 0 Å². The fourth-order valence-electron chi connectivity index (χ4n) is 3.79. The van der Waals surface area contributed by atoms with Crippen LogP contribution in [-0.4, -0.2) is 34.2 Å². The van der Waals surface area contributed by atoms with Gasteiger partial charge in [-0.15, -0.1) is 0 Å². The first-order valence-electron chi connectivity index (χ1n) is 9.89. The van der Waals surface area contributed by atoms with Crippen LogP contribution in [0, 0.1) is 12.8 Å². The Bertz CT molecular complexity index is 971. The van der Waals surface area contributed by atoms with Crippen LogP contribution in [0.5, 0.6) is 0 Å². The Labute approximate surface area is 169 Å². The number of pyridine rings is 1. The molecule has 4 rings (SSSR count). The number of aromatic nitrogens is 3. The Balaban J connectivity index is 1.39. The van der Waals surface area contributed by atoms with Crippen molar-refractivity contribution in [2.45, 2.75) is 32.9 Å². The van der Waals surface area contributed by atoms with Gasteiger partial charge in [0, 0.05) is 49.4 Å². The zero-order valence-electron chi connectivity index (χ0n) is 16.5. The zero-order chi connectivity index (χ0) is 20.2. The molecule has 3 aromatic rings.